The van der Waals surface area contributed by atoms with Gasteiger partial charge in [-0.1, -0.05) is 18.2 Å². The minimum atomic E-state index is -4.40. The molecule has 2 N–H and O–H groups in total. The topological polar surface area (TPSA) is 37.0 Å². The van der Waals surface area contributed by atoms with E-state index in [1.165, 1.54) is 23.4 Å². The molecule has 2 heterocycles. The molecule has 0 unspecified atom stereocenters. The van der Waals surface area contributed by atoms with Gasteiger partial charge in [0.2, 0.25) is 0 Å². The van der Waals surface area contributed by atoms with Crippen LogP contribution in [-0.2, 0) is 25.8 Å². The van der Waals surface area contributed by atoms with Crippen molar-refractivity contribution >= 4 is 5.82 Å². The molecule has 2 aromatic rings. The highest BCUT2D eigenvalue weighted by Gasteiger charge is 2.33. The third-order valence-electron chi connectivity index (χ3n) is 3.47. The molecule has 0 fully saturated rings. The standard InChI is InChI=1S/C15H14F3N3/c16-15(17,18)13-2-1-5-20-14(13)21-7-10-3-4-11-8-19-9-12(11)6-10/h1-6,19H,7-9H2,(H,20,21). The molecule has 0 radical (unpaired) electrons. The zero-order valence-electron chi connectivity index (χ0n) is 11.2. The molecule has 1 aromatic heterocycles. The van der Waals surface area contributed by atoms with Crippen LogP contribution in [0.25, 0.3) is 0 Å². The fourth-order valence-electron chi connectivity index (χ4n) is 2.42. The number of aromatic nitrogens is 1. The highest BCUT2D eigenvalue weighted by molar-refractivity contribution is 5.46. The van der Waals surface area contributed by atoms with Gasteiger partial charge in [-0.2, -0.15) is 13.2 Å². The van der Waals surface area contributed by atoms with Crippen LogP contribution in [0, 0.1) is 0 Å². The maximum absolute atomic E-state index is 12.9. The van der Waals surface area contributed by atoms with Crippen LogP contribution in [0.3, 0.4) is 0 Å². The summed E-state index contributed by atoms with van der Waals surface area (Å²) in [6.07, 6.45) is -3.05. The van der Waals surface area contributed by atoms with Crippen LogP contribution < -0.4 is 10.6 Å². The van der Waals surface area contributed by atoms with Crippen LogP contribution in [0.5, 0.6) is 0 Å². The summed E-state index contributed by atoms with van der Waals surface area (Å²) in [6.45, 7) is 1.97. The number of pyridine rings is 1. The second-order valence-electron chi connectivity index (χ2n) is 4.96. The molecule has 0 aliphatic carbocycles. The molecule has 3 nitrogen and oxygen atoms in total. The van der Waals surface area contributed by atoms with E-state index in [0.717, 1.165) is 24.7 Å². The van der Waals surface area contributed by atoms with Gasteiger partial charge in [0.25, 0.3) is 0 Å². The molecule has 0 saturated carbocycles. The second-order valence-corrected chi connectivity index (χ2v) is 4.96. The van der Waals surface area contributed by atoms with Crippen molar-refractivity contribution in [3.8, 4) is 0 Å². The highest BCUT2D eigenvalue weighted by Crippen LogP contribution is 2.33. The number of hydrogen-bond acceptors (Lipinski definition) is 3. The molecule has 1 aliphatic heterocycles. The summed E-state index contributed by atoms with van der Waals surface area (Å²) in [7, 11) is 0. The van der Waals surface area contributed by atoms with Gasteiger partial charge in [-0.25, -0.2) is 4.98 Å². The Hall–Kier alpha value is -2.08. The number of halogens is 3. The third-order valence-corrected chi connectivity index (χ3v) is 3.47. The lowest BCUT2D eigenvalue weighted by Crippen LogP contribution is -2.12. The van der Waals surface area contributed by atoms with Crippen LogP contribution in [0.15, 0.2) is 36.5 Å². The third kappa shape index (κ3) is 3.00. The molecular formula is C15H14F3N3. The summed E-state index contributed by atoms with van der Waals surface area (Å²) in [5.41, 5.74) is 2.64. The van der Waals surface area contributed by atoms with Gasteiger partial charge in [-0.15, -0.1) is 0 Å². The zero-order valence-corrected chi connectivity index (χ0v) is 11.2. The van der Waals surface area contributed by atoms with E-state index < -0.39 is 11.7 Å². The largest absolute Gasteiger partial charge is 0.419 e. The van der Waals surface area contributed by atoms with Crippen molar-refractivity contribution in [2.45, 2.75) is 25.8 Å². The van der Waals surface area contributed by atoms with Gasteiger partial charge >= 0.3 is 6.18 Å². The lowest BCUT2D eigenvalue weighted by molar-refractivity contribution is -0.137. The smallest absolute Gasteiger partial charge is 0.365 e. The van der Waals surface area contributed by atoms with E-state index in [4.69, 9.17) is 0 Å². The number of benzene rings is 1. The molecule has 0 bridgehead atoms. The lowest BCUT2D eigenvalue weighted by atomic mass is 10.1. The van der Waals surface area contributed by atoms with Gasteiger partial charge < -0.3 is 10.6 Å². The van der Waals surface area contributed by atoms with E-state index in [-0.39, 0.29) is 5.82 Å². The normalized spacial score (nSPS) is 14.0. The van der Waals surface area contributed by atoms with Crippen molar-refractivity contribution in [3.63, 3.8) is 0 Å². The Morgan fingerprint density at radius 3 is 2.76 bits per heavy atom. The highest BCUT2D eigenvalue weighted by atomic mass is 19.4. The molecule has 21 heavy (non-hydrogen) atoms. The first kappa shape index (κ1) is 13.9. The van der Waals surface area contributed by atoms with E-state index >= 15 is 0 Å². The average Bonchev–Trinajstić information content (AvgIpc) is 2.92. The number of nitrogens with one attached hydrogen (secondary N) is 2. The second kappa shape index (κ2) is 5.37. The van der Waals surface area contributed by atoms with Crippen LogP contribution in [-0.4, -0.2) is 4.98 Å². The summed E-state index contributed by atoms with van der Waals surface area (Å²) in [5, 5.41) is 6.01. The molecule has 1 aromatic carbocycles. The van der Waals surface area contributed by atoms with Gasteiger partial charge in [-0.3, -0.25) is 0 Å². The Bertz CT molecular complexity index is 653. The first-order valence-electron chi connectivity index (χ1n) is 6.61. The number of hydrogen-bond donors (Lipinski definition) is 2. The summed E-state index contributed by atoms with van der Waals surface area (Å²) in [5.74, 6) is -0.136. The molecule has 0 atom stereocenters. The molecule has 110 valence electrons. The first-order valence-corrected chi connectivity index (χ1v) is 6.61. The van der Waals surface area contributed by atoms with Crippen molar-refractivity contribution in [2.75, 3.05) is 5.32 Å². The molecule has 0 amide bonds. The van der Waals surface area contributed by atoms with Gasteiger partial charge in [0.1, 0.15) is 5.82 Å². The predicted molar refractivity (Wildman–Crippen MR) is 73.6 cm³/mol. The van der Waals surface area contributed by atoms with Crippen LogP contribution in [0.4, 0.5) is 19.0 Å². The SMILES string of the molecule is FC(F)(F)c1cccnc1NCc1ccc2c(c1)CNC2. The van der Waals surface area contributed by atoms with E-state index in [2.05, 4.69) is 15.6 Å². The number of fused-ring (bicyclic) bond motifs is 1. The maximum Gasteiger partial charge on any atom is 0.419 e. The summed E-state index contributed by atoms with van der Waals surface area (Å²) in [6, 6.07) is 8.26. The quantitative estimate of drug-likeness (QED) is 0.911. The molecule has 0 saturated heterocycles. The van der Waals surface area contributed by atoms with E-state index in [0.29, 0.717) is 6.54 Å². The van der Waals surface area contributed by atoms with Crippen molar-refractivity contribution < 1.29 is 13.2 Å². The Kier molecular flexibility index (Phi) is 3.55. The van der Waals surface area contributed by atoms with Gasteiger partial charge in [0.15, 0.2) is 0 Å². The van der Waals surface area contributed by atoms with Gasteiger partial charge in [-0.05, 0) is 28.8 Å². The van der Waals surface area contributed by atoms with Crippen molar-refractivity contribution in [1.29, 1.82) is 0 Å². The monoisotopic (exact) mass is 293 g/mol. The lowest BCUT2D eigenvalue weighted by Gasteiger charge is -2.13. The molecular weight excluding hydrogens is 279 g/mol. The Labute approximate surface area is 120 Å². The van der Waals surface area contributed by atoms with Gasteiger partial charge in [0.05, 0.1) is 5.56 Å². The molecule has 1 aliphatic rings. The van der Waals surface area contributed by atoms with Crippen molar-refractivity contribution in [1.82, 2.24) is 10.3 Å². The summed E-state index contributed by atoms with van der Waals surface area (Å²) >= 11 is 0. The minimum absolute atomic E-state index is 0.136. The summed E-state index contributed by atoms with van der Waals surface area (Å²) < 4.78 is 38.6. The minimum Gasteiger partial charge on any atom is -0.365 e. The molecule has 6 heteroatoms. The molecule has 3 rings (SSSR count). The van der Waals surface area contributed by atoms with Crippen LogP contribution >= 0.6 is 0 Å². The number of anilines is 1. The van der Waals surface area contributed by atoms with Crippen molar-refractivity contribution in [2.24, 2.45) is 0 Å². The molecule has 0 spiro atoms. The number of nitrogens with zero attached hydrogens (tertiary/aromatic N) is 1. The van der Waals surface area contributed by atoms with E-state index in [1.807, 2.05) is 18.2 Å². The Morgan fingerprint density at radius 2 is 1.95 bits per heavy atom. The predicted octanol–water partition coefficient (Wildman–Crippen LogP) is 3.32. The fraction of sp³-hybridized carbons (Fsp3) is 0.267. The maximum atomic E-state index is 12.9. The van der Waals surface area contributed by atoms with Crippen LogP contribution in [0.1, 0.15) is 22.3 Å². The van der Waals surface area contributed by atoms with Crippen molar-refractivity contribution in [3.05, 3.63) is 58.8 Å². The summed E-state index contributed by atoms with van der Waals surface area (Å²) in [4.78, 5) is 3.79. The Balaban J connectivity index is 1.76. The zero-order chi connectivity index (χ0) is 14.9. The van der Waals surface area contributed by atoms with Gasteiger partial charge in [0, 0.05) is 25.8 Å². The average molecular weight is 293 g/mol. The van der Waals surface area contributed by atoms with Crippen LogP contribution in [0.2, 0.25) is 0 Å². The Morgan fingerprint density at radius 1 is 1.14 bits per heavy atom. The van der Waals surface area contributed by atoms with E-state index in [9.17, 15) is 13.2 Å². The fourth-order valence-corrected chi connectivity index (χ4v) is 2.42. The number of rotatable bonds is 3. The van der Waals surface area contributed by atoms with E-state index in [1.54, 1.807) is 0 Å². The first-order chi connectivity index (χ1) is 10.0. The number of alkyl halides is 3.